The van der Waals surface area contributed by atoms with Gasteiger partial charge in [-0.3, -0.25) is 5.10 Å². The largest absolute Gasteiger partial charge is 0.263 e. The second-order valence-corrected chi connectivity index (χ2v) is 4.37. The summed E-state index contributed by atoms with van der Waals surface area (Å²) >= 11 is 0. The van der Waals surface area contributed by atoms with E-state index in [1.807, 2.05) is 0 Å². The molecule has 0 fully saturated rings. The van der Waals surface area contributed by atoms with E-state index in [2.05, 4.69) is 46.4 Å². The van der Waals surface area contributed by atoms with Crippen molar-refractivity contribution in [2.75, 3.05) is 0 Å². The Bertz CT molecular complexity index is 476. The first kappa shape index (κ1) is 9.58. The molecule has 0 spiro atoms. The zero-order valence-corrected chi connectivity index (χ0v) is 9.40. The third-order valence-corrected chi connectivity index (χ3v) is 3.30. The Kier molecular flexibility index (Phi) is 2.24. The summed E-state index contributed by atoms with van der Waals surface area (Å²) < 4.78 is 0. The van der Waals surface area contributed by atoms with Gasteiger partial charge in [-0.15, -0.1) is 0 Å². The molecule has 0 bridgehead atoms. The van der Waals surface area contributed by atoms with Crippen molar-refractivity contribution in [1.29, 1.82) is 0 Å². The number of hydrogen-bond acceptors (Lipinski definition) is 2. The normalized spacial score (nSPS) is 15.3. The molecule has 0 amide bonds. The fourth-order valence-electron chi connectivity index (χ4n) is 2.39. The van der Waals surface area contributed by atoms with Gasteiger partial charge in [0.15, 0.2) is 5.82 Å². The second kappa shape index (κ2) is 3.74. The maximum Gasteiger partial charge on any atom is 0.154 e. The molecule has 1 aromatic heterocycles. The van der Waals surface area contributed by atoms with E-state index in [-0.39, 0.29) is 0 Å². The van der Waals surface area contributed by atoms with E-state index in [1.165, 1.54) is 11.1 Å². The highest BCUT2D eigenvalue weighted by molar-refractivity contribution is 5.34. The molecule has 16 heavy (non-hydrogen) atoms. The third kappa shape index (κ3) is 1.52. The molecule has 1 N–H and O–H groups in total. The quantitative estimate of drug-likeness (QED) is 0.831. The SMILES string of the molecule is CCc1nc(C2Cc3ccccc3C2)n[nH]1. The average Bonchev–Trinajstić information content (AvgIpc) is 2.95. The van der Waals surface area contributed by atoms with Crippen LogP contribution >= 0.6 is 0 Å². The Balaban J connectivity index is 1.85. The average molecular weight is 213 g/mol. The van der Waals surface area contributed by atoms with Crippen molar-refractivity contribution in [3.63, 3.8) is 0 Å². The van der Waals surface area contributed by atoms with Crippen LogP contribution in [0.5, 0.6) is 0 Å². The molecular formula is C13H15N3. The lowest BCUT2D eigenvalue weighted by Gasteiger charge is -2.01. The summed E-state index contributed by atoms with van der Waals surface area (Å²) in [5.74, 6) is 2.44. The van der Waals surface area contributed by atoms with Crippen LogP contribution in [0.2, 0.25) is 0 Å². The zero-order valence-electron chi connectivity index (χ0n) is 9.40. The first-order valence-electron chi connectivity index (χ1n) is 5.84. The minimum atomic E-state index is 0.467. The minimum absolute atomic E-state index is 0.467. The third-order valence-electron chi connectivity index (χ3n) is 3.30. The maximum absolute atomic E-state index is 4.53. The molecule has 0 saturated heterocycles. The van der Waals surface area contributed by atoms with Gasteiger partial charge < -0.3 is 0 Å². The lowest BCUT2D eigenvalue weighted by atomic mass is 10.1. The van der Waals surface area contributed by atoms with Crippen molar-refractivity contribution in [2.24, 2.45) is 0 Å². The van der Waals surface area contributed by atoms with Crippen LogP contribution in [0, 0.1) is 0 Å². The van der Waals surface area contributed by atoms with Gasteiger partial charge in [-0.25, -0.2) is 4.98 Å². The topological polar surface area (TPSA) is 41.6 Å². The number of hydrogen-bond donors (Lipinski definition) is 1. The molecule has 82 valence electrons. The molecule has 1 aromatic carbocycles. The van der Waals surface area contributed by atoms with Gasteiger partial charge >= 0.3 is 0 Å². The number of aromatic nitrogens is 3. The summed E-state index contributed by atoms with van der Waals surface area (Å²) in [6.07, 6.45) is 3.08. The first-order valence-corrected chi connectivity index (χ1v) is 5.84. The van der Waals surface area contributed by atoms with Crippen molar-refractivity contribution >= 4 is 0 Å². The minimum Gasteiger partial charge on any atom is -0.263 e. The Hall–Kier alpha value is -1.64. The van der Waals surface area contributed by atoms with E-state index >= 15 is 0 Å². The molecule has 0 atom stereocenters. The van der Waals surface area contributed by atoms with Crippen molar-refractivity contribution < 1.29 is 0 Å². The molecule has 3 nitrogen and oxygen atoms in total. The van der Waals surface area contributed by atoms with Crippen LogP contribution in [0.15, 0.2) is 24.3 Å². The number of rotatable bonds is 2. The van der Waals surface area contributed by atoms with Gasteiger partial charge in [-0.05, 0) is 24.0 Å². The van der Waals surface area contributed by atoms with E-state index < -0.39 is 0 Å². The fourth-order valence-corrected chi connectivity index (χ4v) is 2.39. The van der Waals surface area contributed by atoms with Gasteiger partial charge in [0.2, 0.25) is 0 Å². The Labute approximate surface area is 94.9 Å². The summed E-state index contributed by atoms with van der Waals surface area (Å²) in [5.41, 5.74) is 2.91. The first-order chi connectivity index (χ1) is 7.86. The maximum atomic E-state index is 4.53. The highest BCUT2D eigenvalue weighted by Crippen LogP contribution is 2.31. The molecule has 3 rings (SSSR count). The van der Waals surface area contributed by atoms with E-state index in [9.17, 15) is 0 Å². The van der Waals surface area contributed by atoms with Crippen LogP contribution in [0.25, 0.3) is 0 Å². The fraction of sp³-hybridized carbons (Fsp3) is 0.385. The van der Waals surface area contributed by atoms with Gasteiger partial charge in [-0.2, -0.15) is 5.10 Å². The second-order valence-electron chi connectivity index (χ2n) is 4.37. The summed E-state index contributed by atoms with van der Waals surface area (Å²) in [6, 6.07) is 8.64. The Morgan fingerprint density at radius 2 is 1.94 bits per heavy atom. The molecule has 2 aromatic rings. The molecule has 1 aliphatic carbocycles. The molecule has 0 radical (unpaired) electrons. The van der Waals surface area contributed by atoms with Crippen LogP contribution in [-0.2, 0) is 19.3 Å². The zero-order chi connectivity index (χ0) is 11.0. The van der Waals surface area contributed by atoms with Gasteiger partial charge in [0.05, 0.1) is 0 Å². The molecular weight excluding hydrogens is 198 g/mol. The molecule has 1 aliphatic rings. The van der Waals surface area contributed by atoms with E-state index in [4.69, 9.17) is 0 Å². The summed E-state index contributed by atoms with van der Waals surface area (Å²) in [4.78, 5) is 4.53. The smallest absolute Gasteiger partial charge is 0.154 e. The van der Waals surface area contributed by atoms with Gasteiger partial charge in [0.25, 0.3) is 0 Å². The number of aromatic amines is 1. The summed E-state index contributed by atoms with van der Waals surface area (Å²) in [7, 11) is 0. The van der Waals surface area contributed by atoms with E-state index in [0.717, 1.165) is 30.9 Å². The Morgan fingerprint density at radius 1 is 1.25 bits per heavy atom. The van der Waals surface area contributed by atoms with Crippen LogP contribution in [0.3, 0.4) is 0 Å². The number of benzene rings is 1. The number of H-pyrrole nitrogens is 1. The molecule has 1 heterocycles. The molecule has 3 heteroatoms. The van der Waals surface area contributed by atoms with Crippen molar-refractivity contribution in [2.45, 2.75) is 32.1 Å². The Morgan fingerprint density at radius 3 is 2.50 bits per heavy atom. The summed E-state index contributed by atoms with van der Waals surface area (Å²) in [6.45, 7) is 2.09. The highest BCUT2D eigenvalue weighted by Gasteiger charge is 2.25. The van der Waals surface area contributed by atoms with E-state index in [1.54, 1.807) is 0 Å². The van der Waals surface area contributed by atoms with Crippen LogP contribution in [-0.4, -0.2) is 15.2 Å². The van der Waals surface area contributed by atoms with Gasteiger partial charge in [-0.1, -0.05) is 31.2 Å². The van der Waals surface area contributed by atoms with Crippen LogP contribution in [0.1, 0.15) is 35.6 Å². The van der Waals surface area contributed by atoms with Crippen molar-refractivity contribution in [1.82, 2.24) is 15.2 Å². The molecule has 0 unspecified atom stereocenters. The molecule has 0 saturated carbocycles. The predicted molar refractivity (Wildman–Crippen MR) is 62.4 cm³/mol. The predicted octanol–water partition coefficient (Wildman–Crippen LogP) is 2.25. The number of nitrogens with zero attached hydrogens (tertiary/aromatic N) is 2. The van der Waals surface area contributed by atoms with Gasteiger partial charge in [0, 0.05) is 12.3 Å². The highest BCUT2D eigenvalue weighted by atomic mass is 15.2. The number of nitrogens with one attached hydrogen (secondary N) is 1. The van der Waals surface area contributed by atoms with E-state index in [0.29, 0.717) is 5.92 Å². The number of aryl methyl sites for hydroxylation is 1. The van der Waals surface area contributed by atoms with Crippen LogP contribution < -0.4 is 0 Å². The standard InChI is InChI=1S/C13H15N3/c1-2-12-14-13(16-15-12)11-7-9-5-3-4-6-10(9)8-11/h3-6,11H,2,7-8H2,1H3,(H,14,15,16). The number of fused-ring (bicyclic) bond motifs is 1. The van der Waals surface area contributed by atoms with Gasteiger partial charge in [0.1, 0.15) is 5.82 Å². The monoisotopic (exact) mass is 213 g/mol. The lowest BCUT2D eigenvalue weighted by molar-refractivity contribution is 0.686. The molecule has 0 aliphatic heterocycles. The van der Waals surface area contributed by atoms with Crippen molar-refractivity contribution in [3.8, 4) is 0 Å². The van der Waals surface area contributed by atoms with Crippen LogP contribution in [0.4, 0.5) is 0 Å². The summed E-state index contributed by atoms with van der Waals surface area (Å²) in [5, 5.41) is 7.31. The van der Waals surface area contributed by atoms with Crippen molar-refractivity contribution in [3.05, 3.63) is 47.0 Å². The lowest BCUT2D eigenvalue weighted by Crippen LogP contribution is -2.00.